The van der Waals surface area contributed by atoms with Crippen molar-refractivity contribution in [2.45, 2.75) is 20.1 Å². The van der Waals surface area contributed by atoms with Crippen LogP contribution >= 0.6 is 0 Å². The summed E-state index contributed by atoms with van der Waals surface area (Å²) in [7, 11) is 0. The molecule has 0 bridgehead atoms. The number of hydrogen-bond acceptors (Lipinski definition) is 2. The van der Waals surface area contributed by atoms with Crippen LogP contribution in [0.5, 0.6) is 5.75 Å². The molecular weight excluding hydrogens is 212 g/mol. The van der Waals surface area contributed by atoms with E-state index < -0.39 is 0 Å². The predicted octanol–water partition coefficient (Wildman–Crippen LogP) is 2.96. The Balaban J connectivity index is 2.01. The lowest BCUT2D eigenvalue weighted by Crippen LogP contribution is -1.95. The summed E-state index contributed by atoms with van der Waals surface area (Å²) >= 11 is 0. The van der Waals surface area contributed by atoms with E-state index in [0.717, 1.165) is 17.0 Å². The maximum Gasteiger partial charge on any atom is 0.160 e. The van der Waals surface area contributed by atoms with Gasteiger partial charge in [-0.2, -0.15) is 5.10 Å². The van der Waals surface area contributed by atoms with E-state index in [9.17, 15) is 0 Å². The summed E-state index contributed by atoms with van der Waals surface area (Å²) in [6, 6.07) is 10.1. The maximum absolute atomic E-state index is 5.73. The quantitative estimate of drug-likeness (QED) is 0.736. The monoisotopic (exact) mass is 228 g/mol. The Labute approximate surface area is 101 Å². The van der Waals surface area contributed by atoms with E-state index >= 15 is 0 Å². The smallest absolute Gasteiger partial charge is 0.160 e. The molecule has 17 heavy (non-hydrogen) atoms. The SMILES string of the molecule is C=CCn1cc(OCc2ccccc2)c(C)n1. The van der Waals surface area contributed by atoms with Gasteiger partial charge in [0.25, 0.3) is 0 Å². The third kappa shape index (κ3) is 2.97. The number of aryl methyl sites for hydroxylation is 1. The molecule has 0 aliphatic rings. The van der Waals surface area contributed by atoms with Crippen molar-refractivity contribution in [2.24, 2.45) is 0 Å². The van der Waals surface area contributed by atoms with Gasteiger partial charge < -0.3 is 4.74 Å². The number of allylic oxidation sites excluding steroid dienone is 1. The van der Waals surface area contributed by atoms with E-state index in [2.05, 4.69) is 11.7 Å². The van der Waals surface area contributed by atoms with Gasteiger partial charge in [0.15, 0.2) is 5.75 Å². The van der Waals surface area contributed by atoms with Crippen LogP contribution in [0.4, 0.5) is 0 Å². The van der Waals surface area contributed by atoms with Gasteiger partial charge in [-0.05, 0) is 12.5 Å². The van der Waals surface area contributed by atoms with Gasteiger partial charge in [-0.3, -0.25) is 4.68 Å². The molecule has 2 aromatic rings. The highest BCUT2D eigenvalue weighted by Gasteiger charge is 2.05. The van der Waals surface area contributed by atoms with Crippen LogP contribution in [0.2, 0.25) is 0 Å². The fourth-order valence-electron chi connectivity index (χ4n) is 1.60. The zero-order valence-corrected chi connectivity index (χ0v) is 9.97. The third-order valence-corrected chi connectivity index (χ3v) is 2.45. The summed E-state index contributed by atoms with van der Waals surface area (Å²) in [5.41, 5.74) is 2.06. The molecule has 0 spiro atoms. The Morgan fingerprint density at radius 1 is 1.35 bits per heavy atom. The van der Waals surface area contributed by atoms with Crippen molar-refractivity contribution >= 4 is 0 Å². The van der Waals surface area contributed by atoms with Gasteiger partial charge in [0.1, 0.15) is 12.3 Å². The van der Waals surface area contributed by atoms with Crippen LogP contribution in [-0.2, 0) is 13.2 Å². The van der Waals surface area contributed by atoms with Crippen molar-refractivity contribution in [2.75, 3.05) is 0 Å². The molecule has 0 fully saturated rings. The minimum Gasteiger partial charge on any atom is -0.485 e. The average Bonchev–Trinajstić information content (AvgIpc) is 2.69. The molecule has 3 nitrogen and oxygen atoms in total. The minimum absolute atomic E-state index is 0.571. The fourth-order valence-corrected chi connectivity index (χ4v) is 1.60. The van der Waals surface area contributed by atoms with Crippen LogP contribution < -0.4 is 4.74 Å². The van der Waals surface area contributed by atoms with Crippen LogP contribution in [0.1, 0.15) is 11.3 Å². The zero-order valence-electron chi connectivity index (χ0n) is 9.97. The maximum atomic E-state index is 5.73. The molecule has 0 atom stereocenters. The van der Waals surface area contributed by atoms with Crippen LogP contribution in [0.3, 0.4) is 0 Å². The second-order valence-electron chi connectivity index (χ2n) is 3.86. The molecule has 1 aromatic carbocycles. The van der Waals surface area contributed by atoms with Gasteiger partial charge in [-0.15, -0.1) is 6.58 Å². The van der Waals surface area contributed by atoms with Gasteiger partial charge in [-0.25, -0.2) is 0 Å². The van der Waals surface area contributed by atoms with Crippen molar-refractivity contribution in [1.29, 1.82) is 0 Å². The van der Waals surface area contributed by atoms with Crippen LogP contribution in [0, 0.1) is 6.92 Å². The molecule has 0 saturated heterocycles. The van der Waals surface area contributed by atoms with Crippen molar-refractivity contribution in [3.05, 3.63) is 60.4 Å². The second kappa shape index (κ2) is 5.34. The molecule has 0 unspecified atom stereocenters. The number of nitrogens with zero attached hydrogens (tertiary/aromatic N) is 2. The van der Waals surface area contributed by atoms with Gasteiger partial charge in [0.2, 0.25) is 0 Å². The van der Waals surface area contributed by atoms with Gasteiger partial charge in [0.05, 0.1) is 12.7 Å². The number of rotatable bonds is 5. The number of aromatic nitrogens is 2. The van der Waals surface area contributed by atoms with E-state index in [1.54, 1.807) is 0 Å². The number of benzene rings is 1. The van der Waals surface area contributed by atoms with E-state index in [-0.39, 0.29) is 0 Å². The Bertz CT molecular complexity index is 488. The lowest BCUT2D eigenvalue weighted by atomic mass is 10.2. The third-order valence-electron chi connectivity index (χ3n) is 2.45. The summed E-state index contributed by atoms with van der Waals surface area (Å²) in [6.45, 7) is 6.91. The molecular formula is C14H16N2O. The normalized spacial score (nSPS) is 10.2. The highest BCUT2D eigenvalue weighted by molar-refractivity contribution is 5.24. The minimum atomic E-state index is 0.571. The van der Waals surface area contributed by atoms with Crippen molar-refractivity contribution in [3.8, 4) is 5.75 Å². The highest BCUT2D eigenvalue weighted by Crippen LogP contribution is 2.17. The fraction of sp³-hybridized carbons (Fsp3) is 0.214. The second-order valence-corrected chi connectivity index (χ2v) is 3.86. The first kappa shape index (κ1) is 11.5. The van der Waals surface area contributed by atoms with Crippen LogP contribution in [-0.4, -0.2) is 9.78 Å². The summed E-state index contributed by atoms with van der Waals surface area (Å²) in [4.78, 5) is 0. The summed E-state index contributed by atoms with van der Waals surface area (Å²) in [6.07, 6.45) is 3.72. The Morgan fingerprint density at radius 2 is 2.12 bits per heavy atom. The Morgan fingerprint density at radius 3 is 2.82 bits per heavy atom. The summed E-state index contributed by atoms with van der Waals surface area (Å²) in [5, 5.41) is 4.33. The van der Waals surface area contributed by atoms with Crippen molar-refractivity contribution in [3.63, 3.8) is 0 Å². The topological polar surface area (TPSA) is 27.1 Å². The van der Waals surface area contributed by atoms with Crippen molar-refractivity contribution in [1.82, 2.24) is 9.78 Å². The van der Waals surface area contributed by atoms with E-state index in [1.807, 2.05) is 54.2 Å². The van der Waals surface area contributed by atoms with E-state index in [1.165, 1.54) is 0 Å². The van der Waals surface area contributed by atoms with Crippen LogP contribution in [0.15, 0.2) is 49.2 Å². The molecule has 0 aliphatic carbocycles. The molecule has 1 aromatic heterocycles. The molecule has 3 heteroatoms. The predicted molar refractivity (Wildman–Crippen MR) is 67.9 cm³/mol. The largest absolute Gasteiger partial charge is 0.485 e. The summed E-state index contributed by atoms with van der Waals surface area (Å²) < 4.78 is 7.55. The Hall–Kier alpha value is -2.03. The lowest BCUT2D eigenvalue weighted by Gasteiger charge is -2.03. The lowest BCUT2D eigenvalue weighted by molar-refractivity contribution is 0.304. The zero-order chi connectivity index (χ0) is 12.1. The summed E-state index contributed by atoms with van der Waals surface area (Å²) in [5.74, 6) is 0.829. The van der Waals surface area contributed by atoms with Crippen LogP contribution in [0.25, 0.3) is 0 Å². The number of hydrogen-bond donors (Lipinski definition) is 0. The number of ether oxygens (including phenoxy) is 1. The standard InChI is InChI=1S/C14H16N2O/c1-3-9-16-10-14(12(2)15-16)17-11-13-7-5-4-6-8-13/h3-8,10H,1,9,11H2,2H3. The first-order valence-corrected chi connectivity index (χ1v) is 5.61. The Kier molecular flexibility index (Phi) is 3.60. The molecule has 2 rings (SSSR count). The molecule has 88 valence electrons. The first-order chi connectivity index (χ1) is 8.29. The highest BCUT2D eigenvalue weighted by atomic mass is 16.5. The molecule has 0 radical (unpaired) electrons. The molecule has 1 heterocycles. The first-order valence-electron chi connectivity index (χ1n) is 5.61. The molecule has 0 saturated carbocycles. The molecule has 0 amide bonds. The average molecular weight is 228 g/mol. The van der Waals surface area contributed by atoms with Crippen molar-refractivity contribution < 1.29 is 4.74 Å². The van der Waals surface area contributed by atoms with Gasteiger partial charge >= 0.3 is 0 Å². The van der Waals surface area contributed by atoms with Gasteiger partial charge in [0, 0.05) is 0 Å². The molecule has 0 aliphatic heterocycles. The van der Waals surface area contributed by atoms with E-state index in [4.69, 9.17) is 4.74 Å². The molecule has 0 N–H and O–H groups in total. The van der Waals surface area contributed by atoms with Gasteiger partial charge in [-0.1, -0.05) is 36.4 Å². The van der Waals surface area contributed by atoms with E-state index in [0.29, 0.717) is 13.2 Å².